The van der Waals surface area contributed by atoms with E-state index in [1.54, 1.807) is 34.8 Å². The van der Waals surface area contributed by atoms with Gasteiger partial charge >= 0.3 is 6.03 Å². The third-order valence-corrected chi connectivity index (χ3v) is 4.55. The molecule has 2 amide bonds. The van der Waals surface area contributed by atoms with Gasteiger partial charge in [-0.2, -0.15) is 5.10 Å². The maximum absolute atomic E-state index is 13.1. The highest BCUT2D eigenvalue weighted by Gasteiger charge is 2.39. The van der Waals surface area contributed by atoms with E-state index in [4.69, 9.17) is 0 Å². The summed E-state index contributed by atoms with van der Waals surface area (Å²) in [5.41, 5.74) is 1.57. The molecule has 134 valence electrons. The van der Waals surface area contributed by atoms with E-state index in [-0.39, 0.29) is 29.9 Å². The zero-order valence-corrected chi connectivity index (χ0v) is 14.7. The molecule has 0 aliphatic carbocycles. The van der Waals surface area contributed by atoms with Crippen LogP contribution in [-0.4, -0.2) is 45.0 Å². The molecule has 1 fully saturated rings. The summed E-state index contributed by atoms with van der Waals surface area (Å²) >= 11 is 0. The van der Waals surface area contributed by atoms with Gasteiger partial charge in [0, 0.05) is 25.2 Å². The highest BCUT2D eigenvalue weighted by Crippen LogP contribution is 2.34. The SMILES string of the molecule is Cn1nc(NC(=O)N2CC(C)(C)C[C@H]2CO)cc1-c1ccc(F)cc1. The van der Waals surface area contributed by atoms with Crippen LogP contribution in [-0.2, 0) is 7.05 Å². The van der Waals surface area contributed by atoms with Gasteiger partial charge in [0.1, 0.15) is 5.82 Å². The highest BCUT2D eigenvalue weighted by atomic mass is 19.1. The van der Waals surface area contributed by atoms with Crippen LogP contribution in [0.5, 0.6) is 0 Å². The predicted octanol–water partition coefficient (Wildman–Crippen LogP) is 2.85. The van der Waals surface area contributed by atoms with Crippen LogP contribution in [0.3, 0.4) is 0 Å². The summed E-state index contributed by atoms with van der Waals surface area (Å²) in [6, 6.07) is 7.41. The number of carbonyl (C=O) groups is 1. The Balaban J connectivity index is 1.76. The summed E-state index contributed by atoms with van der Waals surface area (Å²) in [6.07, 6.45) is 0.764. The standard InChI is InChI=1S/C18H23FN4O2/c1-18(2)9-14(10-24)23(11-18)17(25)20-16-8-15(22(3)21-16)12-4-6-13(19)7-5-12/h4-8,14,24H,9-11H2,1-3H3,(H,20,21,25)/t14-/m0/s1. The van der Waals surface area contributed by atoms with Crippen LogP contribution in [0.1, 0.15) is 20.3 Å². The van der Waals surface area contributed by atoms with Crippen LogP contribution in [0, 0.1) is 11.2 Å². The molecule has 1 saturated heterocycles. The lowest BCUT2D eigenvalue weighted by molar-refractivity contribution is 0.166. The van der Waals surface area contributed by atoms with Crippen molar-refractivity contribution in [3.63, 3.8) is 0 Å². The summed E-state index contributed by atoms with van der Waals surface area (Å²) < 4.78 is 14.7. The van der Waals surface area contributed by atoms with Gasteiger partial charge in [0.15, 0.2) is 5.82 Å². The van der Waals surface area contributed by atoms with Gasteiger partial charge in [-0.25, -0.2) is 9.18 Å². The Morgan fingerprint density at radius 3 is 2.72 bits per heavy atom. The summed E-state index contributed by atoms with van der Waals surface area (Å²) in [4.78, 5) is 14.2. The van der Waals surface area contributed by atoms with Gasteiger partial charge in [0.05, 0.1) is 18.3 Å². The van der Waals surface area contributed by atoms with E-state index in [2.05, 4.69) is 24.3 Å². The number of aryl methyl sites for hydroxylation is 1. The minimum absolute atomic E-state index is 0.0197. The normalized spacial score (nSPS) is 19.2. The van der Waals surface area contributed by atoms with E-state index in [1.165, 1.54) is 12.1 Å². The Kier molecular flexibility index (Phi) is 4.51. The average molecular weight is 346 g/mol. The fourth-order valence-corrected chi connectivity index (χ4v) is 3.40. The van der Waals surface area contributed by atoms with Crippen molar-refractivity contribution in [1.82, 2.24) is 14.7 Å². The molecule has 1 aromatic heterocycles. The van der Waals surface area contributed by atoms with Gasteiger partial charge in [-0.05, 0) is 36.1 Å². The number of nitrogens with zero attached hydrogens (tertiary/aromatic N) is 3. The van der Waals surface area contributed by atoms with Crippen molar-refractivity contribution < 1.29 is 14.3 Å². The number of halogens is 1. The average Bonchev–Trinajstić information content (AvgIpc) is 3.07. The fourth-order valence-electron chi connectivity index (χ4n) is 3.40. The monoisotopic (exact) mass is 346 g/mol. The number of hydrogen-bond acceptors (Lipinski definition) is 3. The molecule has 0 unspecified atom stereocenters. The molecule has 0 spiro atoms. The van der Waals surface area contributed by atoms with Crippen LogP contribution in [0.4, 0.5) is 15.0 Å². The zero-order chi connectivity index (χ0) is 18.2. The number of carbonyl (C=O) groups excluding carboxylic acids is 1. The molecule has 2 aromatic rings. The quantitative estimate of drug-likeness (QED) is 0.898. The first kappa shape index (κ1) is 17.4. The zero-order valence-electron chi connectivity index (χ0n) is 14.7. The van der Waals surface area contributed by atoms with Crippen LogP contribution in [0.2, 0.25) is 0 Å². The second kappa shape index (κ2) is 6.48. The summed E-state index contributed by atoms with van der Waals surface area (Å²) in [6.45, 7) is 4.69. The Bertz CT molecular complexity index is 770. The molecule has 0 bridgehead atoms. The molecule has 2 heterocycles. The van der Waals surface area contributed by atoms with Crippen molar-refractivity contribution in [2.24, 2.45) is 12.5 Å². The lowest BCUT2D eigenvalue weighted by Gasteiger charge is -2.23. The number of rotatable bonds is 3. The number of aliphatic hydroxyl groups is 1. The van der Waals surface area contributed by atoms with Crippen LogP contribution in [0.15, 0.2) is 30.3 Å². The maximum atomic E-state index is 13.1. The Morgan fingerprint density at radius 1 is 1.40 bits per heavy atom. The Hall–Kier alpha value is -2.41. The summed E-state index contributed by atoms with van der Waals surface area (Å²) in [7, 11) is 1.77. The van der Waals surface area contributed by atoms with Crippen LogP contribution >= 0.6 is 0 Å². The van der Waals surface area contributed by atoms with Gasteiger partial charge in [-0.1, -0.05) is 13.8 Å². The molecule has 3 rings (SSSR count). The second-order valence-electron chi connectivity index (χ2n) is 7.31. The van der Waals surface area contributed by atoms with Crippen LogP contribution < -0.4 is 5.32 Å². The Morgan fingerprint density at radius 2 is 2.08 bits per heavy atom. The van der Waals surface area contributed by atoms with E-state index < -0.39 is 0 Å². The van der Waals surface area contributed by atoms with E-state index in [0.29, 0.717) is 12.4 Å². The molecule has 1 aliphatic rings. The third kappa shape index (κ3) is 3.66. The number of aliphatic hydroxyl groups excluding tert-OH is 1. The number of hydrogen-bond donors (Lipinski definition) is 2. The van der Waals surface area contributed by atoms with Crippen molar-refractivity contribution >= 4 is 11.8 Å². The first-order valence-electron chi connectivity index (χ1n) is 8.27. The maximum Gasteiger partial charge on any atom is 0.323 e. The van der Waals surface area contributed by atoms with E-state index in [1.807, 2.05) is 0 Å². The Labute approximate surface area is 146 Å². The lowest BCUT2D eigenvalue weighted by atomic mass is 9.91. The number of benzene rings is 1. The van der Waals surface area contributed by atoms with Crippen molar-refractivity contribution in [3.05, 3.63) is 36.1 Å². The number of aromatic nitrogens is 2. The van der Waals surface area contributed by atoms with Crippen molar-refractivity contribution in [3.8, 4) is 11.3 Å². The minimum Gasteiger partial charge on any atom is -0.394 e. The molecule has 6 nitrogen and oxygen atoms in total. The lowest BCUT2D eigenvalue weighted by Crippen LogP contribution is -2.41. The molecule has 1 aliphatic heterocycles. The van der Waals surface area contributed by atoms with Crippen LogP contribution in [0.25, 0.3) is 11.3 Å². The van der Waals surface area contributed by atoms with Crippen molar-refractivity contribution in [2.75, 3.05) is 18.5 Å². The second-order valence-corrected chi connectivity index (χ2v) is 7.31. The number of nitrogens with one attached hydrogen (secondary N) is 1. The van der Waals surface area contributed by atoms with Gasteiger partial charge < -0.3 is 10.0 Å². The number of likely N-dealkylation sites (tertiary alicyclic amines) is 1. The molecule has 1 atom stereocenters. The predicted molar refractivity (Wildman–Crippen MR) is 93.6 cm³/mol. The van der Waals surface area contributed by atoms with Crippen molar-refractivity contribution in [1.29, 1.82) is 0 Å². The number of urea groups is 1. The fraction of sp³-hybridized carbons (Fsp3) is 0.444. The van der Waals surface area contributed by atoms with Gasteiger partial charge in [0.25, 0.3) is 0 Å². The van der Waals surface area contributed by atoms with E-state index in [0.717, 1.165) is 17.7 Å². The van der Waals surface area contributed by atoms with E-state index in [9.17, 15) is 14.3 Å². The molecule has 2 N–H and O–H groups in total. The van der Waals surface area contributed by atoms with Gasteiger partial charge in [0.2, 0.25) is 0 Å². The first-order valence-corrected chi connectivity index (χ1v) is 8.27. The molecular formula is C18H23FN4O2. The van der Waals surface area contributed by atoms with Gasteiger partial charge in [-0.15, -0.1) is 0 Å². The summed E-state index contributed by atoms with van der Waals surface area (Å²) in [5.74, 6) is 0.124. The highest BCUT2D eigenvalue weighted by molar-refractivity contribution is 5.89. The number of amides is 2. The number of anilines is 1. The smallest absolute Gasteiger partial charge is 0.323 e. The van der Waals surface area contributed by atoms with E-state index >= 15 is 0 Å². The molecule has 7 heteroatoms. The molecule has 25 heavy (non-hydrogen) atoms. The molecule has 0 saturated carbocycles. The molecule has 1 aromatic carbocycles. The first-order chi connectivity index (χ1) is 11.8. The van der Waals surface area contributed by atoms with Gasteiger partial charge in [-0.3, -0.25) is 10.00 Å². The topological polar surface area (TPSA) is 70.4 Å². The largest absolute Gasteiger partial charge is 0.394 e. The minimum atomic E-state index is -0.300. The van der Waals surface area contributed by atoms with Crippen molar-refractivity contribution in [2.45, 2.75) is 26.3 Å². The third-order valence-electron chi connectivity index (χ3n) is 4.55. The summed E-state index contributed by atoms with van der Waals surface area (Å²) in [5, 5.41) is 16.6. The molecular weight excluding hydrogens is 323 g/mol. The molecule has 0 radical (unpaired) electrons.